The molecule has 25 heavy (non-hydrogen) atoms. The Kier molecular flexibility index (Phi) is 5.73. The Hall–Kier alpha value is -2.31. The summed E-state index contributed by atoms with van der Waals surface area (Å²) in [7, 11) is 1.62. The molecule has 1 unspecified atom stereocenters. The molecule has 130 valence electrons. The molecule has 2 aromatic heterocycles. The Morgan fingerprint density at radius 1 is 1.24 bits per heavy atom. The molecule has 0 aliphatic rings. The number of furan rings is 1. The SMILES string of the molecule is COc1cc(CC(N)c2ccco2)cc(Br)c1OCc1cccnc1. The maximum absolute atomic E-state index is 6.20. The first-order chi connectivity index (χ1) is 12.2. The third-order valence-electron chi connectivity index (χ3n) is 3.76. The standard InChI is InChI=1S/C19H19BrN2O3/c1-23-18-10-14(9-16(21)17-5-3-7-24-17)8-15(20)19(18)25-12-13-4-2-6-22-11-13/h2-8,10-11,16H,9,12,21H2,1H3. The molecule has 0 bridgehead atoms. The van der Waals surface area contributed by atoms with Crippen molar-refractivity contribution in [3.63, 3.8) is 0 Å². The van der Waals surface area contributed by atoms with E-state index in [4.69, 9.17) is 19.6 Å². The van der Waals surface area contributed by atoms with Crippen LogP contribution in [-0.4, -0.2) is 12.1 Å². The fraction of sp³-hybridized carbons (Fsp3) is 0.211. The smallest absolute Gasteiger partial charge is 0.175 e. The lowest BCUT2D eigenvalue weighted by molar-refractivity contribution is 0.282. The average molecular weight is 403 g/mol. The minimum atomic E-state index is -0.214. The van der Waals surface area contributed by atoms with Gasteiger partial charge in [-0.1, -0.05) is 6.07 Å². The molecular formula is C19H19BrN2O3. The van der Waals surface area contributed by atoms with E-state index in [0.717, 1.165) is 21.4 Å². The van der Waals surface area contributed by atoms with E-state index in [2.05, 4.69) is 20.9 Å². The number of ether oxygens (including phenoxy) is 2. The second kappa shape index (κ2) is 8.18. The monoisotopic (exact) mass is 402 g/mol. The van der Waals surface area contributed by atoms with Crippen molar-refractivity contribution in [1.82, 2.24) is 4.98 Å². The summed E-state index contributed by atoms with van der Waals surface area (Å²) >= 11 is 3.57. The molecule has 0 radical (unpaired) electrons. The molecule has 0 saturated carbocycles. The van der Waals surface area contributed by atoms with Gasteiger partial charge in [0.15, 0.2) is 11.5 Å². The molecule has 0 amide bonds. The van der Waals surface area contributed by atoms with E-state index in [0.29, 0.717) is 24.5 Å². The molecule has 0 saturated heterocycles. The van der Waals surface area contributed by atoms with E-state index in [-0.39, 0.29) is 6.04 Å². The molecule has 0 spiro atoms. The van der Waals surface area contributed by atoms with Crippen molar-refractivity contribution in [3.8, 4) is 11.5 Å². The normalized spacial score (nSPS) is 12.0. The zero-order valence-electron chi connectivity index (χ0n) is 13.8. The number of nitrogens with two attached hydrogens (primary N) is 1. The van der Waals surface area contributed by atoms with E-state index in [1.54, 1.807) is 25.8 Å². The van der Waals surface area contributed by atoms with E-state index >= 15 is 0 Å². The van der Waals surface area contributed by atoms with Crippen molar-refractivity contribution in [2.45, 2.75) is 19.1 Å². The molecule has 0 fully saturated rings. The molecule has 1 atom stereocenters. The van der Waals surface area contributed by atoms with Crippen LogP contribution in [0.25, 0.3) is 0 Å². The molecule has 0 aliphatic heterocycles. The fourth-order valence-electron chi connectivity index (χ4n) is 2.53. The van der Waals surface area contributed by atoms with Crippen LogP contribution in [0, 0.1) is 0 Å². The van der Waals surface area contributed by atoms with Crippen molar-refractivity contribution in [1.29, 1.82) is 0 Å². The zero-order chi connectivity index (χ0) is 17.6. The summed E-state index contributed by atoms with van der Waals surface area (Å²) in [6, 6.07) is 11.3. The number of pyridine rings is 1. The second-order valence-electron chi connectivity index (χ2n) is 5.59. The Morgan fingerprint density at radius 3 is 2.80 bits per heavy atom. The van der Waals surface area contributed by atoms with Crippen LogP contribution in [0.1, 0.15) is 22.9 Å². The predicted octanol–water partition coefficient (Wildman–Crippen LogP) is 4.27. The largest absolute Gasteiger partial charge is 0.493 e. The lowest BCUT2D eigenvalue weighted by Crippen LogP contribution is -2.12. The first kappa shape index (κ1) is 17.5. The molecule has 3 rings (SSSR count). The Morgan fingerprint density at radius 2 is 2.12 bits per heavy atom. The lowest BCUT2D eigenvalue weighted by Gasteiger charge is -2.16. The molecular weight excluding hydrogens is 384 g/mol. The number of hydrogen-bond donors (Lipinski definition) is 1. The van der Waals surface area contributed by atoms with Gasteiger partial charge in [0, 0.05) is 18.0 Å². The Balaban J connectivity index is 1.76. The summed E-state index contributed by atoms with van der Waals surface area (Å²) in [5.74, 6) is 2.06. The highest BCUT2D eigenvalue weighted by Crippen LogP contribution is 2.38. The van der Waals surface area contributed by atoms with Gasteiger partial charge in [-0.25, -0.2) is 0 Å². The average Bonchev–Trinajstić information content (AvgIpc) is 3.16. The topological polar surface area (TPSA) is 70.5 Å². The number of nitrogens with zero attached hydrogens (tertiary/aromatic N) is 1. The molecule has 6 heteroatoms. The van der Waals surface area contributed by atoms with Gasteiger partial charge in [-0.15, -0.1) is 0 Å². The van der Waals surface area contributed by atoms with Gasteiger partial charge in [-0.05, 0) is 58.2 Å². The molecule has 0 aliphatic carbocycles. The summed E-state index contributed by atoms with van der Waals surface area (Å²) in [5.41, 5.74) is 8.21. The Bertz CT molecular complexity index is 807. The van der Waals surface area contributed by atoms with Gasteiger partial charge in [0.1, 0.15) is 12.4 Å². The third-order valence-corrected chi connectivity index (χ3v) is 4.35. The molecule has 2 heterocycles. The quantitative estimate of drug-likeness (QED) is 0.638. The zero-order valence-corrected chi connectivity index (χ0v) is 15.4. The summed E-state index contributed by atoms with van der Waals surface area (Å²) in [5, 5.41) is 0. The van der Waals surface area contributed by atoms with Crippen LogP contribution in [0.2, 0.25) is 0 Å². The van der Waals surface area contributed by atoms with Crippen LogP contribution in [0.5, 0.6) is 11.5 Å². The van der Waals surface area contributed by atoms with Gasteiger partial charge in [-0.3, -0.25) is 4.98 Å². The minimum Gasteiger partial charge on any atom is -0.493 e. The maximum atomic E-state index is 6.20. The molecule has 5 nitrogen and oxygen atoms in total. The first-order valence-corrected chi connectivity index (χ1v) is 8.63. The highest BCUT2D eigenvalue weighted by atomic mass is 79.9. The lowest BCUT2D eigenvalue weighted by atomic mass is 10.0. The van der Waals surface area contributed by atoms with Gasteiger partial charge >= 0.3 is 0 Å². The molecule has 1 aromatic carbocycles. The van der Waals surface area contributed by atoms with Crippen molar-refractivity contribution >= 4 is 15.9 Å². The number of hydrogen-bond acceptors (Lipinski definition) is 5. The number of benzene rings is 1. The Labute approximate surface area is 154 Å². The minimum absolute atomic E-state index is 0.214. The summed E-state index contributed by atoms with van der Waals surface area (Å²) in [6.45, 7) is 0.411. The first-order valence-electron chi connectivity index (χ1n) is 7.84. The summed E-state index contributed by atoms with van der Waals surface area (Å²) in [6.07, 6.45) is 5.76. The number of methoxy groups -OCH3 is 1. The van der Waals surface area contributed by atoms with Gasteiger partial charge in [0.05, 0.1) is 23.9 Å². The molecule has 2 N–H and O–H groups in total. The van der Waals surface area contributed by atoms with Crippen LogP contribution >= 0.6 is 15.9 Å². The molecule has 3 aromatic rings. The number of aromatic nitrogens is 1. The third kappa shape index (κ3) is 4.41. The van der Waals surface area contributed by atoms with E-state index < -0.39 is 0 Å². The summed E-state index contributed by atoms with van der Waals surface area (Å²) < 4.78 is 17.6. The maximum Gasteiger partial charge on any atom is 0.175 e. The highest BCUT2D eigenvalue weighted by molar-refractivity contribution is 9.10. The van der Waals surface area contributed by atoms with Crippen molar-refractivity contribution < 1.29 is 13.9 Å². The highest BCUT2D eigenvalue weighted by Gasteiger charge is 2.15. The van der Waals surface area contributed by atoms with E-state index in [1.807, 2.05) is 36.4 Å². The van der Waals surface area contributed by atoms with Gasteiger partial charge < -0.3 is 19.6 Å². The van der Waals surface area contributed by atoms with Gasteiger partial charge in [-0.2, -0.15) is 0 Å². The van der Waals surface area contributed by atoms with Gasteiger partial charge in [0.2, 0.25) is 0 Å². The number of halogens is 1. The van der Waals surface area contributed by atoms with Crippen LogP contribution in [0.4, 0.5) is 0 Å². The summed E-state index contributed by atoms with van der Waals surface area (Å²) in [4.78, 5) is 4.09. The van der Waals surface area contributed by atoms with Gasteiger partial charge in [0.25, 0.3) is 0 Å². The van der Waals surface area contributed by atoms with Crippen molar-refractivity contribution in [2.75, 3.05) is 7.11 Å². The predicted molar refractivity (Wildman–Crippen MR) is 98.6 cm³/mol. The van der Waals surface area contributed by atoms with E-state index in [1.165, 1.54) is 0 Å². The van der Waals surface area contributed by atoms with Crippen molar-refractivity contribution in [2.24, 2.45) is 5.73 Å². The van der Waals surface area contributed by atoms with Crippen LogP contribution < -0.4 is 15.2 Å². The second-order valence-corrected chi connectivity index (χ2v) is 6.44. The van der Waals surface area contributed by atoms with Crippen LogP contribution in [0.15, 0.2) is 63.9 Å². The van der Waals surface area contributed by atoms with Crippen LogP contribution in [-0.2, 0) is 13.0 Å². The fourth-order valence-corrected chi connectivity index (χ4v) is 3.13. The van der Waals surface area contributed by atoms with Crippen LogP contribution in [0.3, 0.4) is 0 Å². The number of rotatable bonds is 7. The van der Waals surface area contributed by atoms with Crippen molar-refractivity contribution in [3.05, 3.63) is 76.4 Å². The van der Waals surface area contributed by atoms with E-state index in [9.17, 15) is 0 Å².